The maximum atomic E-state index is 3.25. The molecule has 0 atom stereocenters. The van der Waals surface area contributed by atoms with E-state index in [1.165, 1.54) is 18.4 Å². The van der Waals surface area contributed by atoms with Gasteiger partial charge >= 0.3 is 0 Å². The minimum Gasteiger partial charge on any atom is -0.252 e. The first-order chi connectivity index (χ1) is 5.29. The molecule has 0 fully saturated rings. The summed E-state index contributed by atoms with van der Waals surface area (Å²) >= 11 is 0. The van der Waals surface area contributed by atoms with Gasteiger partial charge in [0.05, 0.1) is 0 Å². The molecule has 2 heteroatoms. The highest BCUT2D eigenvalue weighted by molar-refractivity contribution is 5.18. The van der Waals surface area contributed by atoms with Crippen LogP contribution in [-0.2, 0) is 0 Å². The van der Waals surface area contributed by atoms with Crippen molar-refractivity contribution in [3.05, 3.63) is 23.8 Å². The number of rotatable bonds is 3. The van der Waals surface area contributed by atoms with Gasteiger partial charge in [-0.25, -0.2) is 0 Å². The van der Waals surface area contributed by atoms with E-state index >= 15 is 0 Å². The highest BCUT2D eigenvalue weighted by atomic mass is 15.5. The van der Waals surface area contributed by atoms with Crippen molar-refractivity contribution in [1.82, 2.24) is 10.4 Å². The van der Waals surface area contributed by atoms with Gasteiger partial charge in [-0.15, -0.1) is 0 Å². The fourth-order valence-electron chi connectivity index (χ4n) is 1.06. The molecule has 1 aliphatic carbocycles. The second-order valence-electron chi connectivity index (χ2n) is 3.02. The molecule has 62 valence electrons. The largest absolute Gasteiger partial charge is 0.252 e. The molecule has 0 spiro atoms. The Bertz CT molecular complexity index is 168. The fraction of sp³-hybridized carbons (Fsp3) is 0.556. The Labute approximate surface area is 68.6 Å². The number of hydrogen-bond acceptors (Lipinski definition) is 2. The summed E-state index contributed by atoms with van der Waals surface area (Å²) in [4.78, 5) is 0. The molecule has 0 saturated heterocycles. The van der Waals surface area contributed by atoms with Gasteiger partial charge in [0.25, 0.3) is 0 Å². The predicted octanol–water partition coefficient (Wildman–Crippen LogP) is 1.33. The van der Waals surface area contributed by atoms with Crippen molar-refractivity contribution in [2.45, 2.75) is 12.8 Å². The second-order valence-corrected chi connectivity index (χ2v) is 3.02. The first-order valence-corrected chi connectivity index (χ1v) is 4.04. The molecule has 0 aliphatic heterocycles. The number of nitrogens with zero attached hydrogens (tertiary/aromatic N) is 1. The van der Waals surface area contributed by atoms with E-state index in [0.717, 1.165) is 6.54 Å². The molecular weight excluding hydrogens is 136 g/mol. The molecule has 1 rings (SSSR count). The number of hydrogen-bond donors (Lipinski definition) is 1. The normalized spacial score (nSPS) is 17.2. The van der Waals surface area contributed by atoms with Crippen LogP contribution in [0.4, 0.5) is 0 Å². The van der Waals surface area contributed by atoms with E-state index in [1.807, 2.05) is 19.1 Å². The van der Waals surface area contributed by atoms with E-state index in [2.05, 4.69) is 23.7 Å². The summed E-state index contributed by atoms with van der Waals surface area (Å²) in [5.74, 6) is 0. The fourth-order valence-corrected chi connectivity index (χ4v) is 1.06. The van der Waals surface area contributed by atoms with Crippen LogP contribution in [0.15, 0.2) is 23.8 Å². The van der Waals surface area contributed by atoms with E-state index in [0.29, 0.717) is 0 Å². The molecule has 0 aromatic carbocycles. The summed E-state index contributed by atoms with van der Waals surface area (Å²) in [6, 6.07) is 0. The van der Waals surface area contributed by atoms with Crippen LogP contribution in [0.25, 0.3) is 0 Å². The Morgan fingerprint density at radius 2 is 2.36 bits per heavy atom. The van der Waals surface area contributed by atoms with Gasteiger partial charge in [-0.05, 0) is 12.8 Å². The van der Waals surface area contributed by atoms with Gasteiger partial charge in [-0.3, -0.25) is 10.4 Å². The van der Waals surface area contributed by atoms with E-state index < -0.39 is 0 Å². The first kappa shape index (κ1) is 8.50. The third kappa shape index (κ3) is 3.35. The van der Waals surface area contributed by atoms with Gasteiger partial charge in [0.2, 0.25) is 0 Å². The van der Waals surface area contributed by atoms with Crippen LogP contribution < -0.4 is 5.43 Å². The topological polar surface area (TPSA) is 15.3 Å². The lowest BCUT2D eigenvalue weighted by molar-refractivity contribution is 0.301. The van der Waals surface area contributed by atoms with Crippen molar-refractivity contribution in [3.63, 3.8) is 0 Å². The number of hydrazine groups is 1. The zero-order chi connectivity index (χ0) is 8.10. The van der Waals surface area contributed by atoms with Gasteiger partial charge < -0.3 is 0 Å². The smallest absolute Gasteiger partial charge is 0.0315 e. The van der Waals surface area contributed by atoms with E-state index in [1.54, 1.807) is 0 Å². The Morgan fingerprint density at radius 3 is 2.91 bits per heavy atom. The van der Waals surface area contributed by atoms with Crippen LogP contribution in [0.1, 0.15) is 12.8 Å². The summed E-state index contributed by atoms with van der Waals surface area (Å²) in [7, 11) is 4.03. The Balaban J connectivity index is 2.25. The molecule has 0 aromatic heterocycles. The number of allylic oxidation sites excluding steroid dienone is 3. The highest BCUT2D eigenvalue weighted by Gasteiger charge is 1.98. The van der Waals surface area contributed by atoms with Crippen LogP contribution in [0.3, 0.4) is 0 Å². The summed E-state index contributed by atoms with van der Waals surface area (Å²) in [6.07, 6.45) is 8.94. The Kier molecular flexibility index (Phi) is 3.33. The van der Waals surface area contributed by atoms with Crippen LogP contribution in [0.5, 0.6) is 0 Å². The van der Waals surface area contributed by atoms with Crippen molar-refractivity contribution in [1.29, 1.82) is 0 Å². The minimum atomic E-state index is 0.983. The second kappa shape index (κ2) is 4.31. The van der Waals surface area contributed by atoms with Crippen molar-refractivity contribution >= 4 is 0 Å². The zero-order valence-electron chi connectivity index (χ0n) is 7.30. The molecule has 0 unspecified atom stereocenters. The molecule has 0 aromatic rings. The molecule has 0 bridgehead atoms. The van der Waals surface area contributed by atoms with Crippen molar-refractivity contribution in [2.75, 3.05) is 20.6 Å². The third-order valence-electron chi connectivity index (χ3n) is 1.72. The predicted molar refractivity (Wildman–Crippen MR) is 48.1 cm³/mol. The maximum absolute atomic E-state index is 3.25. The van der Waals surface area contributed by atoms with Gasteiger partial charge in [-0.2, -0.15) is 0 Å². The van der Waals surface area contributed by atoms with Gasteiger partial charge in [-0.1, -0.05) is 23.8 Å². The quantitative estimate of drug-likeness (QED) is 0.614. The van der Waals surface area contributed by atoms with E-state index in [9.17, 15) is 0 Å². The summed E-state index contributed by atoms with van der Waals surface area (Å²) in [5, 5.41) is 1.99. The van der Waals surface area contributed by atoms with Crippen molar-refractivity contribution in [2.24, 2.45) is 0 Å². The van der Waals surface area contributed by atoms with Crippen LogP contribution >= 0.6 is 0 Å². The molecule has 11 heavy (non-hydrogen) atoms. The van der Waals surface area contributed by atoms with E-state index in [4.69, 9.17) is 0 Å². The minimum absolute atomic E-state index is 0.983. The molecule has 2 nitrogen and oxygen atoms in total. The average molecular weight is 152 g/mol. The van der Waals surface area contributed by atoms with Gasteiger partial charge in [0, 0.05) is 20.6 Å². The zero-order valence-corrected chi connectivity index (χ0v) is 7.30. The van der Waals surface area contributed by atoms with Crippen LogP contribution in [0.2, 0.25) is 0 Å². The van der Waals surface area contributed by atoms with Gasteiger partial charge in [0.1, 0.15) is 0 Å². The Hall–Kier alpha value is -0.600. The molecule has 1 aliphatic rings. The lowest BCUT2D eigenvalue weighted by Crippen LogP contribution is -2.32. The summed E-state index contributed by atoms with van der Waals surface area (Å²) < 4.78 is 0. The molecule has 0 saturated carbocycles. The van der Waals surface area contributed by atoms with Crippen molar-refractivity contribution < 1.29 is 0 Å². The van der Waals surface area contributed by atoms with Crippen LogP contribution in [0, 0.1) is 0 Å². The molecule has 1 N–H and O–H groups in total. The molecular formula is C9H16N2. The lowest BCUT2D eigenvalue weighted by Gasteiger charge is -2.14. The Morgan fingerprint density at radius 1 is 1.55 bits per heavy atom. The molecule has 0 radical (unpaired) electrons. The van der Waals surface area contributed by atoms with Crippen LogP contribution in [-0.4, -0.2) is 25.6 Å². The SMILES string of the molecule is CN(C)NCC1=CC=CCC1. The van der Waals surface area contributed by atoms with Gasteiger partial charge in [0.15, 0.2) is 0 Å². The molecule has 0 heterocycles. The standard InChI is InChI=1S/C9H16N2/c1-11(2)10-8-9-6-4-3-5-7-9/h3-4,6,10H,5,7-8H2,1-2H3. The maximum Gasteiger partial charge on any atom is 0.0315 e. The van der Waals surface area contributed by atoms with Crippen molar-refractivity contribution in [3.8, 4) is 0 Å². The lowest BCUT2D eigenvalue weighted by atomic mass is 10.1. The monoisotopic (exact) mass is 152 g/mol. The van der Waals surface area contributed by atoms with E-state index in [-0.39, 0.29) is 0 Å². The highest BCUT2D eigenvalue weighted by Crippen LogP contribution is 2.09. The first-order valence-electron chi connectivity index (χ1n) is 4.04. The third-order valence-corrected chi connectivity index (χ3v) is 1.72. The summed E-state index contributed by atoms with van der Waals surface area (Å²) in [5.41, 5.74) is 4.73. The average Bonchev–Trinajstić information content (AvgIpc) is 2.03. The molecule has 0 amide bonds. The summed E-state index contributed by atoms with van der Waals surface area (Å²) in [6.45, 7) is 0.983. The number of nitrogens with one attached hydrogen (secondary N) is 1.